The van der Waals surface area contributed by atoms with E-state index in [1.807, 2.05) is 0 Å². The van der Waals surface area contributed by atoms with Gasteiger partial charge in [-0.15, -0.1) is 0 Å². The predicted octanol–water partition coefficient (Wildman–Crippen LogP) is 2.53. The Labute approximate surface area is 118 Å². The minimum absolute atomic E-state index is 0.166. The summed E-state index contributed by atoms with van der Waals surface area (Å²) < 4.78 is 12.4. The molecular weight excluding hydrogens is 333 g/mol. The fraction of sp³-hybridized carbons (Fsp3) is 0.0909. The Morgan fingerprint density at radius 2 is 1.74 bits per heavy atom. The van der Waals surface area contributed by atoms with Crippen molar-refractivity contribution in [3.8, 4) is 0 Å². The van der Waals surface area contributed by atoms with Gasteiger partial charge < -0.3 is 15.1 Å². The third-order valence-corrected chi connectivity index (χ3v) is 3.98. The van der Waals surface area contributed by atoms with Crippen molar-refractivity contribution in [1.29, 1.82) is 0 Å². The highest BCUT2D eigenvalue weighted by Gasteiger charge is 2.31. The lowest BCUT2D eigenvalue weighted by Gasteiger charge is -2.20. The van der Waals surface area contributed by atoms with E-state index < -0.39 is 13.4 Å². The third-order valence-electron chi connectivity index (χ3n) is 2.35. The van der Waals surface area contributed by atoms with Gasteiger partial charge in [0.1, 0.15) is 0 Å². The minimum atomic E-state index is -4.38. The van der Waals surface area contributed by atoms with E-state index in [1.54, 1.807) is 30.3 Å². The summed E-state index contributed by atoms with van der Waals surface area (Å²) in [7, 11) is -4.38. The molecule has 6 nitrogen and oxygen atoms in total. The van der Waals surface area contributed by atoms with Gasteiger partial charge in [-0.25, -0.2) is 9.97 Å². The van der Waals surface area contributed by atoms with Crippen molar-refractivity contribution < 1.29 is 14.4 Å². The molecule has 0 unspecified atom stereocenters. The fourth-order valence-electron chi connectivity index (χ4n) is 1.50. The predicted molar refractivity (Wildman–Crippen MR) is 74.6 cm³/mol. The van der Waals surface area contributed by atoms with Crippen LogP contribution in [0.2, 0.25) is 0 Å². The summed E-state index contributed by atoms with van der Waals surface area (Å²) in [5.74, 6) is -1.01. The first-order valence-corrected chi connectivity index (χ1v) is 7.78. The molecule has 0 radical (unpaired) electrons. The van der Waals surface area contributed by atoms with Crippen LogP contribution in [0.5, 0.6) is 0 Å². The van der Waals surface area contributed by atoms with E-state index >= 15 is 0 Å². The van der Waals surface area contributed by atoms with Crippen molar-refractivity contribution in [2.75, 3.05) is 5.32 Å². The highest BCUT2D eigenvalue weighted by atomic mass is 79.9. The number of rotatable bonds is 4. The average molecular weight is 344 g/mol. The lowest BCUT2D eigenvalue weighted by molar-refractivity contribution is 0.363. The van der Waals surface area contributed by atoms with E-state index in [4.69, 9.17) is 0 Å². The Morgan fingerprint density at radius 1 is 1.16 bits per heavy atom. The van der Waals surface area contributed by atoms with E-state index in [2.05, 4.69) is 31.2 Å². The summed E-state index contributed by atoms with van der Waals surface area (Å²) in [4.78, 5) is 26.7. The number of aromatic nitrogens is 2. The maximum Gasteiger partial charge on any atom is 0.352 e. The van der Waals surface area contributed by atoms with Gasteiger partial charge in [-0.1, -0.05) is 28.1 Å². The molecule has 1 atom stereocenters. The van der Waals surface area contributed by atoms with Crippen LogP contribution in [0, 0.1) is 0 Å². The molecule has 0 saturated heterocycles. The maximum atomic E-state index is 11.6. The van der Waals surface area contributed by atoms with E-state index in [-0.39, 0.29) is 5.95 Å². The first-order valence-electron chi connectivity index (χ1n) is 5.31. The van der Waals surface area contributed by atoms with Crippen LogP contribution in [-0.4, -0.2) is 19.8 Å². The van der Waals surface area contributed by atoms with E-state index in [1.165, 1.54) is 12.4 Å². The zero-order valence-electron chi connectivity index (χ0n) is 9.64. The normalized spacial score (nSPS) is 13.0. The van der Waals surface area contributed by atoms with E-state index in [9.17, 15) is 14.4 Å². The summed E-state index contributed by atoms with van der Waals surface area (Å²) in [5.41, 5.74) is 0.462. The lowest BCUT2D eigenvalue weighted by atomic mass is 10.2. The van der Waals surface area contributed by atoms with Gasteiger partial charge in [0.05, 0.1) is 0 Å². The van der Waals surface area contributed by atoms with Crippen molar-refractivity contribution in [2.24, 2.45) is 0 Å². The molecule has 0 fully saturated rings. The number of hydrogen-bond donors (Lipinski definition) is 3. The second-order valence-corrected chi connectivity index (χ2v) is 6.37. The van der Waals surface area contributed by atoms with Crippen LogP contribution >= 0.6 is 23.5 Å². The standard InChI is InChI=1S/C11H11BrN3O3P/c12-9-4-2-8(3-5-9)10(19(16,17)18)15-11-13-6-1-7-14-11/h1-7,10H,(H,13,14,15)(H2,16,17,18)/t10-/m1/s1. The van der Waals surface area contributed by atoms with Crippen LogP contribution in [0.1, 0.15) is 11.3 Å². The van der Waals surface area contributed by atoms with Crippen molar-refractivity contribution in [3.05, 3.63) is 52.8 Å². The SMILES string of the molecule is O=P(O)(O)[C@@H](Nc1ncccn1)c1ccc(Br)cc1. The number of hydrogen-bond acceptors (Lipinski definition) is 4. The fourth-order valence-corrected chi connectivity index (χ4v) is 2.61. The molecule has 0 bridgehead atoms. The molecule has 1 aromatic heterocycles. The van der Waals surface area contributed by atoms with E-state index in [0.29, 0.717) is 5.56 Å². The first kappa shape index (κ1) is 14.1. The zero-order valence-corrected chi connectivity index (χ0v) is 12.1. The Kier molecular flexibility index (Phi) is 4.31. The Morgan fingerprint density at radius 3 is 2.26 bits per heavy atom. The Hall–Kier alpha value is -1.27. The molecule has 0 aliphatic carbocycles. The highest BCUT2D eigenvalue weighted by Crippen LogP contribution is 2.51. The lowest BCUT2D eigenvalue weighted by Crippen LogP contribution is -2.13. The molecule has 1 heterocycles. The molecule has 0 aliphatic rings. The smallest absolute Gasteiger partial charge is 0.336 e. The molecular formula is C11H11BrN3O3P. The van der Waals surface area contributed by atoms with Gasteiger partial charge >= 0.3 is 7.60 Å². The van der Waals surface area contributed by atoms with Crippen LogP contribution < -0.4 is 5.32 Å². The third kappa shape index (κ3) is 3.84. The maximum absolute atomic E-state index is 11.6. The molecule has 0 saturated carbocycles. The van der Waals surface area contributed by atoms with Crippen molar-refractivity contribution in [1.82, 2.24) is 9.97 Å². The van der Waals surface area contributed by atoms with Gasteiger partial charge in [0.15, 0.2) is 5.78 Å². The van der Waals surface area contributed by atoms with Crippen LogP contribution in [0.15, 0.2) is 47.2 Å². The second-order valence-electron chi connectivity index (χ2n) is 3.76. The number of benzene rings is 1. The zero-order chi connectivity index (χ0) is 13.9. The van der Waals surface area contributed by atoms with Gasteiger partial charge in [0.2, 0.25) is 5.95 Å². The summed E-state index contributed by atoms with van der Waals surface area (Å²) in [6, 6.07) is 8.31. The van der Waals surface area contributed by atoms with Crippen molar-refractivity contribution in [3.63, 3.8) is 0 Å². The second kappa shape index (κ2) is 5.79. The molecule has 19 heavy (non-hydrogen) atoms. The molecule has 2 rings (SSSR count). The first-order chi connectivity index (χ1) is 8.97. The van der Waals surface area contributed by atoms with Gasteiger partial charge in [-0.05, 0) is 23.8 Å². The van der Waals surface area contributed by atoms with Crippen LogP contribution in [0.25, 0.3) is 0 Å². The van der Waals surface area contributed by atoms with Gasteiger partial charge in [0, 0.05) is 16.9 Å². The summed E-state index contributed by atoms with van der Waals surface area (Å²) in [5, 5.41) is 2.65. The van der Waals surface area contributed by atoms with Gasteiger partial charge in [-0.3, -0.25) is 4.57 Å². The molecule has 3 N–H and O–H groups in total. The molecule has 100 valence electrons. The summed E-state index contributed by atoms with van der Waals surface area (Å²) >= 11 is 3.27. The molecule has 0 spiro atoms. The number of nitrogens with one attached hydrogen (secondary N) is 1. The number of anilines is 1. The summed E-state index contributed by atoms with van der Waals surface area (Å²) in [6.07, 6.45) is 2.99. The molecule has 1 aromatic carbocycles. The van der Waals surface area contributed by atoms with Gasteiger partial charge in [-0.2, -0.15) is 0 Å². The monoisotopic (exact) mass is 343 g/mol. The van der Waals surface area contributed by atoms with Crippen LogP contribution in [0.4, 0.5) is 5.95 Å². The summed E-state index contributed by atoms with van der Waals surface area (Å²) in [6.45, 7) is 0. The van der Waals surface area contributed by atoms with Crippen LogP contribution in [-0.2, 0) is 4.57 Å². The molecule has 2 aromatic rings. The van der Waals surface area contributed by atoms with Crippen molar-refractivity contribution >= 4 is 29.5 Å². The number of nitrogens with zero attached hydrogens (tertiary/aromatic N) is 2. The quantitative estimate of drug-likeness (QED) is 0.738. The topological polar surface area (TPSA) is 95.3 Å². The largest absolute Gasteiger partial charge is 0.352 e. The van der Waals surface area contributed by atoms with Crippen molar-refractivity contribution in [2.45, 2.75) is 5.78 Å². The number of halogens is 1. The molecule has 0 amide bonds. The Balaban J connectivity index is 2.32. The minimum Gasteiger partial charge on any atom is -0.336 e. The molecule has 0 aliphatic heterocycles. The average Bonchev–Trinajstić information content (AvgIpc) is 2.37. The Bertz CT molecular complexity index is 588. The van der Waals surface area contributed by atoms with Crippen LogP contribution in [0.3, 0.4) is 0 Å². The van der Waals surface area contributed by atoms with E-state index in [0.717, 1.165) is 4.47 Å². The molecule has 8 heteroatoms. The van der Waals surface area contributed by atoms with Gasteiger partial charge in [0.25, 0.3) is 0 Å². The highest BCUT2D eigenvalue weighted by molar-refractivity contribution is 9.10.